The van der Waals surface area contributed by atoms with E-state index in [2.05, 4.69) is 27.0 Å². The summed E-state index contributed by atoms with van der Waals surface area (Å²) in [4.78, 5) is 52.7. The van der Waals surface area contributed by atoms with Crippen molar-refractivity contribution in [2.24, 2.45) is 0 Å². The van der Waals surface area contributed by atoms with E-state index in [1.165, 1.54) is 18.7 Å². The topological polar surface area (TPSA) is 151 Å². The Morgan fingerprint density at radius 2 is 1.52 bits per heavy atom. The second kappa shape index (κ2) is 15.1. The van der Waals surface area contributed by atoms with E-state index >= 15 is 0 Å². The van der Waals surface area contributed by atoms with Gasteiger partial charge in [-0.05, 0) is 39.9 Å². The lowest BCUT2D eigenvalue weighted by Gasteiger charge is -2.44. The maximum Gasteiger partial charge on any atom is 0.303 e. The van der Waals surface area contributed by atoms with Crippen molar-refractivity contribution in [3.05, 3.63) is 39.3 Å². The number of nitriles is 1. The van der Waals surface area contributed by atoms with Crippen LogP contribution in [-0.2, 0) is 42.9 Å². The van der Waals surface area contributed by atoms with Crippen LogP contribution in [0, 0.1) is 11.3 Å². The molecular formula is C27H26BrClN2O9S2. The highest BCUT2D eigenvalue weighted by Gasteiger charge is 2.52. The molecule has 1 aromatic heterocycles. The molecule has 1 fully saturated rings. The number of aromatic nitrogens is 1. The monoisotopic (exact) mass is 700 g/mol. The summed E-state index contributed by atoms with van der Waals surface area (Å²) >= 11 is 11.9. The Morgan fingerprint density at radius 1 is 0.952 bits per heavy atom. The minimum atomic E-state index is -1.35. The number of benzene rings is 1. The van der Waals surface area contributed by atoms with Crippen molar-refractivity contribution in [3.63, 3.8) is 0 Å². The zero-order valence-electron chi connectivity index (χ0n) is 23.0. The smallest absolute Gasteiger partial charge is 0.303 e. The number of esters is 4. The third kappa shape index (κ3) is 8.38. The van der Waals surface area contributed by atoms with Crippen LogP contribution in [0.25, 0.3) is 11.1 Å². The molecule has 2 aromatic rings. The number of pyridine rings is 1. The number of rotatable bonds is 9. The van der Waals surface area contributed by atoms with Crippen LogP contribution in [-0.4, -0.2) is 71.6 Å². The second-order valence-electron chi connectivity index (χ2n) is 8.79. The summed E-state index contributed by atoms with van der Waals surface area (Å²) in [6.45, 7) is 4.25. The van der Waals surface area contributed by atoms with Gasteiger partial charge >= 0.3 is 23.9 Å². The van der Waals surface area contributed by atoms with Gasteiger partial charge in [0, 0.05) is 38.3 Å². The number of hydrogen-bond acceptors (Lipinski definition) is 13. The van der Waals surface area contributed by atoms with Crippen molar-refractivity contribution in [1.29, 1.82) is 5.26 Å². The number of ether oxygens (including phenoxy) is 5. The van der Waals surface area contributed by atoms with Crippen molar-refractivity contribution in [2.45, 2.75) is 67.6 Å². The number of nitrogens with zero attached hydrogens (tertiary/aromatic N) is 2. The predicted octanol–water partition coefficient (Wildman–Crippen LogP) is 4.93. The molecule has 0 bridgehead atoms. The minimum Gasteiger partial charge on any atom is -0.463 e. The molecule has 1 aliphatic heterocycles. The molecule has 2 heterocycles. The Labute approximate surface area is 264 Å². The van der Waals surface area contributed by atoms with Crippen LogP contribution in [0.15, 0.2) is 38.8 Å². The van der Waals surface area contributed by atoms with E-state index in [1.54, 1.807) is 24.3 Å². The Bertz CT molecular complexity index is 1400. The fourth-order valence-corrected chi connectivity index (χ4v) is 6.95. The van der Waals surface area contributed by atoms with Crippen LogP contribution in [0.1, 0.15) is 33.3 Å². The van der Waals surface area contributed by atoms with Crippen LogP contribution >= 0.6 is 51.1 Å². The van der Waals surface area contributed by atoms with E-state index in [0.717, 1.165) is 32.5 Å². The Balaban J connectivity index is 2.18. The van der Waals surface area contributed by atoms with Crippen molar-refractivity contribution >= 4 is 74.9 Å². The molecule has 0 amide bonds. The molecule has 5 unspecified atom stereocenters. The van der Waals surface area contributed by atoms with Crippen molar-refractivity contribution < 1.29 is 42.9 Å². The molecule has 0 radical (unpaired) electrons. The van der Waals surface area contributed by atoms with E-state index in [4.69, 9.17) is 35.3 Å². The number of hydrogen-bond donors (Lipinski definition) is 0. The molecule has 15 heteroatoms. The predicted molar refractivity (Wildman–Crippen MR) is 157 cm³/mol. The van der Waals surface area contributed by atoms with E-state index in [-0.39, 0.29) is 17.2 Å². The van der Waals surface area contributed by atoms with Crippen LogP contribution in [0.3, 0.4) is 0 Å². The molecule has 11 nitrogen and oxygen atoms in total. The third-order valence-electron chi connectivity index (χ3n) is 5.69. The van der Waals surface area contributed by atoms with Crippen molar-refractivity contribution in [1.82, 2.24) is 4.98 Å². The first-order valence-corrected chi connectivity index (χ1v) is 15.5. The molecule has 0 N–H and O–H groups in total. The highest BCUT2D eigenvalue weighted by Crippen LogP contribution is 2.44. The summed E-state index contributed by atoms with van der Waals surface area (Å²) < 4.78 is 28.4. The van der Waals surface area contributed by atoms with Crippen molar-refractivity contribution in [3.8, 4) is 17.2 Å². The summed E-state index contributed by atoms with van der Waals surface area (Å²) in [7, 11) is 0. The molecule has 42 heavy (non-hydrogen) atoms. The van der Waals surface area contributed by atoms with Gasteiger partial charge in [0.2, 0.25) is 0 Å². The first-order chi connectivity index (χ1) is 19.9. The van der Waals surface area contributed by atoms with Gasteiger partial charge in [0.15, 0.2) is 23.7 Å². The first kappa shape index (κ1) is 33.7. The normalized spacial score (nSPS) is 21.5. The maximum absolute atomic E-state index is 12.2. The first-order valence-electron chi connectivity index (χ1n) is 12.3. The fourth-order valence-electron chi connectivity index (χ4n) is 4.13. The SMILES string of the molecule is CSc1nc(SC2OC(COC(C)=O)C(OC(C)=O)C(OC(C)=O)C2OC(C)=O)c(C#N)c(-c2ccc(Cl)cc2)c1Br. The van der Waals surface area contributed by atoms with Gasteiger partial charge in [0.25, 0.3) is 0 Å². The zero-order chi connectivity index (χ0) is 31.1. The van der Waals surface area contributed by atoms with Crippen LogP contribution < -0.4 is 0 Å². The summed E-state index contributed by atoms with van der Waals surface area (Å²) in [5, 5.41) is 11.6. The van der Waals surface area contributed by atoms with E-state index in [1.807, 2.05) is 6.26 Å². The summed E-state index contributed by atoms with van der Waals surface area (Å²) in [6, 6.07) is 9.10. The second-order valence-corrected chi connectivity index (χ2v) is 11.9. The molecule has 3 rings (SSSR count). The zero-order valence-corrected chi connectivity index (χ0v) is 27.0. The van der Waals surface area contributed by atoms with Crippen LogP contribution in [0.4, 0.5) is 0 Å². The minimum absolute atomic E-state index is 0.180. The Kier molecular flexibility index (Phi) is 12.1. The number of halogens is 2. The summed E-state index contributed by atoms with van der Waals surface area (Å²) in [5.74, 6) is -2.85. The molecule has 0 aliphatic carbocycles. The number of carbonyl (C=O) groups is 4. The highest BCUT2D eigenvalue weighted by molar-refractivity contribution is 9.10. The van der Waals surface area contributed by atoms with Gasteiger partial charge in [-0.3, -0.25) is 19.2 Å². The van der Waals surface area contributed by atoms with Gasteiger partial charge in [-0.15, -0.1) is 11.8 Å². The lowest BCUT2D eigenvalue weighted by molar-refractivity contribution is -0.237. The lowest BCUT2D eigenvalue weighted by Crippen LogP contribution is -2.61. The molecule has 1 saturated heterocycles. The van der Waals surface area contributed by atoms with Gasteiger partial charge in [0.05, 0.1) is 10.0 Å². The fraction of sp³-hybridized carbons (Fsp3) is 0.407. The molecule has 224 valence electrons. The van der Waals surface area contributed by atoms with Crippen LogP contribution in [0.2, 0.25) is 5.02 Å². The van der Waals surface area contributed by atoms with Gasteiger partial charge < -0.3 is 23.7 Å². The average Bonchev–Trinajstić information content (AvgIpc) is 2.91. The van der Waals surface area contributed by atoms with E-state index in [0.29, 0.717) is 25.6 Å². The standard InChI is InChI=1S/C27H26BrClN2O9S2/c1-12(32)36-11-19-22(37-13(2)33)23(38-14(3)34)24(39-15(4)35)27(40-19)42-25-18(10-30)20(21(28)26(31-25)41-5)16-6-8-17(29)9-7-16/h6-9,19,22-24,27H,11H2,1-5H3. The molecule has 1 aliphatic rings. The van der Waals surface area contributed by atoms with E-state index in [9.17, 15) is 24.4 Å². The number of carbonyl (C=O) groups excluding carboxylic acids is 4. The molecule has 5 atom stereocenters. The molecular weight excluding hydrogens is 676 g/mol. The number of thioether (sulfide) groups is 2. The van der Waals surface area contributed by atoms with Gasteiger partial charge in [0.1, 0.15) is 28.8 Å². The third-order valence-corrected chi connectivity index (χ3v) is 8.79. The molecule has 0 spiro atoms. The van der Waals surface area contributed by atoms with Crippen LogP contribution in [0.5, 0.6) is 0 Å². The quantitative estimate of drug-likeness (QED) is 0.198. The Morgan fingerprint density at radius 3 is 2.05 bits per heavy atom. The maximum atomic E-state index is 12.2. The lowest BCUT2D eigenvalue weighted by atomic mass is 9.99. The van der Waals surface area contributed by atoms with Gasteiger partial charge in [-0.2, -0.15) is 5.26 Å². The average molecular weight is 702 g/mol. The summed E-state index contributed by atoms with van der Waals surface area (Å²) in [5.41, 5.74) is 0.254. The van der Waals surface area contributed by atoms with Crippen molar-refractivity contribution in [2.75, 3.05) is 12.9 Å². The largest absolute Gasteiger partial charge is 0.463 e. The van der Waals surface area contributed by atoms with E-state index < -0.39 is 53.7 Å². The molecule has 0 saturated carbocycles. The van der Waals surface area contributed by atoms with Gasteiger partial charge in [-0.1, -0.05) is 35.5 Å². The summed E-state index contributed by atoms with van der Waals surface area (Å²) in [6.07, 6.45) is -3.29. The molecule has 1 aromatic carbocycles. The highest BCUT2D eigenvalue weighted by atomic mass is 79.9. The van der Waals surface area contributed by atoms with Gasteiger partial charge in [-0.25, -0.2) is 4.98 Å². The Hall–Kier alpha value is -2.83.